The Kier molecular flexibility index (Phi) is 8.55. The molecule has 9 nitrogen and oxygen atoms in total. The van der Waals surface area contributed by atoms with Gasteiger partial charge in [0, 0.05) is 6.54 Å². The molecule has 0 fully saturated rings. The van der Waals surface area contributed by atoms with Crippen LogP contribution in [-0.4, -0.2) is 46.1 Å². The lowest BCUT2D eigenvalue weighted by atomic mass is 10.2. The van der Waals surface area contributed by atoms with Gasteiger partial charge in [-0.3, -0.25) is 9.25 Å². The van der Waals surface area contributed by atoms with Gasteiger partial charge >= 0.3 is 13.7 Å². The molecule has 0 saturated carbocycles. The molecule has 1 rings (SSSR count). The lowest BCUT2D eigenvalue weighted by Gasteiger charge is -2.19. The molecule has 1 amide bonds. The summed E-state index contributed by atoms with van der Waals surface area (Å²) in [6.45, 7) is 10.4. The fraction of sp³-hybridized carbons (Fsp3) is 0.800. The number of alkyl carbamates (subject to hydrolysis) is 1. The van der Waals surface area contributed by atoms with Gasteiger partial charge in [0.1, 0.15) is 11.3 Å². The molecule has 25 heavy (non-hydrogen) atoms. The lowest BCUT2D eigenvalue weighted by molar-refractivity contribution is 0.0523. The van der Waals surface area contributed by atoms with Gasteiger partial charge in [0.25, 0.3) is 0 Å². The molecule has 0 aliphatic heterocycles. The van der Waals surface area contributed by atoms with Crippen molar-refractivity contribution in [3.05, 3.63) is 11.9 Å². The van der Waals surface area contributed by atoms with Gasteiger partial charge in [-0.2, -0.15) is 0 Å². The predicted molar refractivity (Wildman–Crippen MR) is 93.4 cm³/mol. The first kappa shape index (κ1) is 21.6. The second-order valence-electron chi connectivity index (χ2n) is 6.35. The van der Waals surface area contributed by atoms with Crippen LogP contribution in [0.3, 0.4) is 0 Å². The minimum absolute atomic E-state index is 0.227. The van der Waals surface area contributed by atoms with Gasteiger partial charge in [-0.25, -0.2) is 4.79 Å². The zero-order chi connectivity index (χ0) is 18.9. The Labute approximate surface area is 148 Å². The van der Waals surface area contributed by atoms with E-state index in [-0.39, 0.29) is 6.54 Å². The molecule has 0 radical (unpaired) electrons. The van der Waals surface area contributed by atoms with E-state index in [1.165, 1.54) is 0 Å². The Bertz CT molecular complexity index is 575. The van der Waals surface area contributed by atoms with E-state index in [9.17, 15) is 9.36 Å². The molecule has 0 aliphatic rings. The fourth-order valence-corrected chi connectivity index (χ4v) is 3.64. The third-order valence-corrected chi connectivity index (χ3v) is 5.04. The molecule has 1 aromatic heterocycles. The van der Waals surface area contributed by atoms with Crippen LogP contribution in [0.25, 0.3) is 0 Å². The van der Waals surface area contributed by atoms with E-state index in [4.69, 9.17) is 13.8 Å². The minimum Gasteiger partial charge on any atom is -0.444 e. The number of amides is 1. The fourth-order valence-electron chi connectivity index (χ4n) is 1.99. The van der Waals surface area contributed by atoms with Crippen LogP contribution in [0.15, 0.2) is 6.20 Å². The van der Waals surface area contributed by atoms with Gasteiger partial charge < -0.3 is 19.1 Å². The SMILES string of the molecule is CCOP(=O)(CCCn1cc(CNC(=O)OC(C)(C)C)nn1)OCC. The number of ether oxygens (including phenoxy) is 1. The maximum atomic E-state index is 12.3. The van der Waals surface area contributed by atoms with E-state index in [1.54, 1.807) is 45.5 Å². The maximum Gasteiger partial charge on any atom is 0.407 e. The van der Waals surface area contributed by atoms with Crippen molar-refractivity contribution >= 4 is 13.7 Å². The summed E-state index contributed by atoms with van der Waals surface area (Å²) in [5.74, 6) is 0. The van der Waals surface area contributed by atoms with E-state index < -0.39 is 19.3 Å². The smallest absolute Gasteiger partial charge is 0.407 e. The lowest BCUT2D eigenvalue weighted by Crippen LogP contribution is -2.32. The van der Waals surface area contributed by atoms with Gasteiger partial charge in [-0.15, -0.1) is 5.10 Å². The van der Waals surface area contributed by atoms with E-state index >= 15 is 0 Å². The molecule has 0 aliphatic carbocycles. The van der Waals surface area contributed by atoms with Crippen molar-refractivity contribution in [2.24, 2.45) is 0 Å². The second-order valence-corrected chi connectivity index (χ2v) is 8.54. The van der Waals surface area contributed by atoms with E-state index in [1.807, 2.05) is 0 Å². The van der Waals surface area contributed by atoms with E-state index in [2.05, 4.69) is 15.6 Å². The molecule has 0 spiro atoms. The monoisotopic (exact) mass is 376 g/mol. The summed E-state index contributed by atoms with van der Waals surface area (Å²) in [5, 5.41) is 10.6. The summed E-state index contributed by atoms with van der Waals surface area (Å²) in [6.07, 6.45) is 2.12. The highest BCUT2D eigenvalue weighted by Gasteiger charge is 2.22. The second kappa shape index (κ2) is 9.89. The van der Waals surface area contributed by atoms with E-state index in [0.717, 1.165) is 0 Å². The minimum atomic E-state index is -3.03. The number of aryl methyl sites for hydroxylation is 1. The standard InChI is InChI=1S/C15H29N4O5P/c1-6-22-25(21,23-7-2)10-8-9-19-12-13(17-18-19)11-16-14(20)24-15(3,4)5/h12H,6-11H2,1-5H3,(H,16,20). The number of hydrogen-bond acceptors (Lipinski definition) is 7. The van der Waals surface area contributed by atoms with Crippen LogP contribution >= 0.6 is 7.60 Å². The first-order valence-electron chi connectivity index (χ1n) is 8.41. The molecule has 0 unspecified atom stereocenters. The van der Waals surface area contributed by atoms with Crippen LogP contribution < -0.4 is 5.32 Å². The molecule has 10 heteroatoms. The summed E-state index contributed by atoms with van der Waals surface area (Å²) in [6, 6.07) is 0. The Morgan fingerprint density at radius 2 is 1.92 bits per heavy atom. The quantitative estimate of drug-likeness (QED) is 0.626. The van der Waals surface area contributed by atoms with Gasteiger partial charge in [-0.05, 0) is 41.0 Å². The van der Waals surface area contributed by atoms with Crippen LogP contribution in [0.1, 0.15) is 46.7 Å². The number of carbonyl (C=O) groups is 1. The molecule has 0 aromatic carbocycles. The zero-order valence-electron chi connectivity index (χ0n) is 15.7. The van der Waals surface area contributed by atoms with Crippen molar-refractivity contribution in [1.29, 1.82) is 0 Å². The normalized spacial score (nSPS) is 12.2. The van der Waals surface area contributed by atoms with Gasteiger partial charge in [-0.1, -0.05) is 5.21 Å². The molecule has 144 valence electrons. The van der Waals surface area contributed by atoms with Crippen molar-refractivity contribution < 1.29 is 23.1 Å². The largest absolute Gasteiger partial charge is 0.444 e. The summed E-state index contributed by atoms with van der Waals surface area (Å²) in [7, 11) is -3.03. The number of nitrogens with zero attached hydrogens (tertiary/aromatic N) is 3. The molecule has 1 aromatic rings. The molecule has 0 atom stereocenters. The zero-order valence-corrected chi connectivity index (χ0v) is 16.5. The Morgan fingerprint density at radius 1 is 1.28 bits per heavy atom. The summed E-state index contributed by atoms with van der Waals surface area (Å²) < 4.78 is 29.6. The average molecular weight is 376 g/mol. The van der Waals surface area contributed by atoms with Crippen molar-refractivity contribution in [3.8, 4) is 0 Å². The summed E-state index contributed by atoms with van der Waals surface area (Å²) in [5.41, 5.74) is 0.0696. The van der Waals surface area contributed by atoms with Crippen LogP contribution in [0.4, 0.5) is 4.79 Å². The maximum absolute atomic E-state index is 12.3. The first-order valence-corrected chi connectivity index (χ1v) is 10.1. The Balaban J connectivity index is 2.40. The van der Waals surface area contributed by atoms with Crippen LogP contribution in [0, 0.1) is 0 Å². The number of rotatable bonds is 10. The Hall–Kier alpha value is -1.44. The number of nitrogens with one attached hydrogen (secondary N) is 1. The molecule has 0 bridgehead atoms. The number of aromatic nitrogens is 3. The predicted octanol–water partition coefficient (Wildman–Crippen LogP) is 2.96. The average Bonchev–Trinajstić information content (AvgIpc) is 2.92. The van der Waals surface area contributed by atoms with Gasteiger partial charge in [0.15, 0.2) is 0 Å². The highest BCUT2D eigenvalue weighted by atomic mass is 31.2. The van der Waals surface area contributed by atoms with E-state index in [0.29, 0.717) is 38.0 Å². The first-order chi connectivity index (χ1) is 11.7. The summed E-state index contributed by atoms with van der Waals surface area (Å²) >= 11 is 0. The van der Waals surface area contributed by atoms with Crippen LogP contribution in [0.5, 0.6) is 0 Å². The van der Waals surface area contributed by atoms with Crippen LogP contribution in [0.2, 0.25) is 0 Å². The summed E-state index contributed by atoms with van der Waals surface area (Å²) in [4.78, 5) is 11.6. The highest BCUT2D eigenvalue weighted by molar-refractivity contribution is 7.53. The third kappa shape index (κ3) is 9.00. The molecular formula is C15H29N4O5P. The highest BCUT2D eigenvalue weighted by Crippen LogP contribution is 2.48. The van der Waals surface area contributed by atoms with Crippen molar-refractivity contribution in [3.63, 3.8) is 0 Å². The van der Waals surface area contributed by atoms with Gasteiger partial charge in [0.05, 0.1) is 32.1 Å². The Morgan fingerprint density at radius 3 is 2.48 bits per heavy atom. The molecule has 1 N–H and O–H groups in total. The molecule has 0 saturated heterocycles. The van der Waals surface area contributed by atoms with Gasteiger partial charge in [0.2, 0.25) is 0 Å². The topological polar surface area (TPSA) is 105 Å². The molecular weight excluding hydrogens is 347 g/mol. The number of carbonyl (C=O) groups excluding carboxylic acids is 1. The van der Waals surface area contributed by atoms with Crippen LogP contribution in [-0.2, 0) is 31.4 Å². The van der Waals surface area contributed by atoms with Crippen molar-refractivity contribution in [2.45, 2.75) is 59.7 Å². The third-order valence-electron chi connectivity index (χ3n) is 2.87. The number of hydrogen-bond donors (Lipinski definition) is 1. The molecule has 1 heterocycles. The van der Waals surface area contributed by atoms with Crippen molar-refractivity contribution in [1.82, 2.24) is 20.3 Å². The van der Waals surface area contributed by atoms with Crippen molar-refractivity contribution in [2.75, 3.05) is 19.4 Å².